The summed E-state index contributed by atoms with van der Waals surface area (Å²) in [5, 5.41) is 1.14. The van der Waals surface area contributed by atoms with Crippen molar-refractivity contribution in [2.75, 3.05) is 0 Å². The molecule has 0 aliphatic heterocycles. The van der Waals surface area contributed by atoms with Crippen molar-refractivity contribution in [2.24, 2.45) is 5.29 Å². The molecule has 0 rings (SSSR count). The van der Waals surface area contributed by atoms with Gasteiger partial charge in [0.15, 0.2) is 0 Å². The lowest BCUT2D eigenvalue weighted by molar-refractivity contribution is -0.154. The predicted molar refractivity (Wildman–Crippen MR) is 9.85 cm³/mol. The number of halogens is 2. The van der Waals surface area contributed by atoms with Crippen LogP contribution in [0.25, 0.3) is 0 Å². The zero-order chi connectivity index (χ0) is 4.28. The summed E-state index contributed by atoms with van der Waals surface area (Å²) in [6.07, 6.45) is 0. The molecule has 0 amide bonds. The first-order valence-electron chi connectivity index (χ1n) is 0.721. The molecule has 5 heteroatoms. The zero-order valence-corrected chi connectivity index (χ0v) is 2.06. The Morgan fingerprint density at radius 2 is 1.80 bits per heavy atom. The molecule has 30 valence electrons. The van der Waals surface area contributed by atoms with Gasteiger partial charge in [0.25, 0.3) is 0 Å². The van der Waals surface area contributed by atoms with E-state index in [0.29, 0.717) is 0 Å². The normalized spacial score (nSPS) is 6.80. The topological polar surface area (TPSA) is 32.7 Å². The van der Waals surface area contributed by atoms with Gasteiger partial charge in [-0.25, -0.2) is 0 Å². The minimum absolute atomic E-state index is 1.14. The van der Waals surface area contributed by atoms with Gasteiger partial charge in [0.2, 0.25) is 0 Å². The van der Waals surface area contributed by atoms with Crippen LogP contribution >= 0.6 is 0 Å². The van der Waals surface area contributed by atoms with Crippen LogP contribution < -0.4 is 0 Å². The quantitative estimate of drug-likeness (QED) is 0.265. The second kappa shape index (κ2) is 1.57. The molecule has 0 N–H and O–H groups in total. The average Bonchev–Trinajstić information content (AvgIpc) is 1.38. The van der Waals surface area contributed by atoms with E-state index < -0.39 is 5.45 Å². The molecule has 0 aromatic heterocycles. The highest BCUT2D eigenvalue weighted by atomic mass is 19.4. The summed E-state index contributed by atoms with van der Waals surface area (Å²) in [5.41, 5.74) is -1.81. The van der Waals surface area contributed by atoms with E-state index in [4.69, 9.17) is 4.91 Å². The van der Waals surface area contributed by atoms with E-state index in [1.807, 2.05) is 0 Å². The minimum Gasteiger partial charge on any atom is -0.120 e. The SMILES string of the molecule is O=NN(F)F. The van der Waals surface area contributed by atoms with Crippen LogP contribution in [-0.2, 0) is 0 Å². The lowest BCUT2D eigenvalue weighted by atomic mass is 12.8. The Kier molecular flexibility index (Phi) is 1.33. The van der Waals surface area contributed by atoms with Crippen LogP contribution in [0.3, 0.4) is 0 Å². The third kappa shape index (κ3) is 3.26. The summed E-state index contributed by atoms with van der Waals surface area (Å²) in [6.45, 7) is 0. The van der Waals surface area contributed by atoms with Crippen molar-refractivity contribution in [3.8, 4) is 0 Å². The van der Waals surface area contributed by atoms with Gasteiger partial charge in [-0.3, -0.25) is 0 Å². The first kappa shape index (κ1) is 4.26. The second-order valence-corrected chi connectivity index (χ2v) is 0.297. The molecule has 0 radical (unpaired) electrons. The molecule has 0 aromatic rings. The van der Waals surface area contributed by atoms with E-state index in [1.54, 1.807) is 0 Å². The predicted octanol–water partition coefficient (Wildman–Crippen LogP) is 0.739. The average molecular weight is 82.0 g/mol. The molecule has 0 aliphatic rings. The summed E-state index contributed by atoms with van der Waals surface area (Å²) < 4.78 is 20.2. The highest BCUT2D eigenvalue weighted by Gasteiger charge is 1.84. The maximum atomic E-state index is 10.1. The van der Waals surface area contributed by atoms with E-state index in [0.717, 1.165) is 5.29 Å². The van der Waals surface area contributed by atoms with E-state index in [1.165, 1.54) is 0 Å². The van der Waals surface area contributed by atoms with E-state index >= 15 is 0 Å². The molecule has 0 atom stereocenters. The first-order chi connectivity index (χ1) is 2.27. The number of nitroso groups, excluding NO2 is 1. The van der Waals surface area contributed by atoms with Crippen molar-refractivity contribution in [2.45, 2.75) is 0 Å². The summed E-state index contributed by atoms with van der Waals surface area (Å²) in [6, 6.07) is 0. The molecule has 0 spiro atoms. The Morgan fingerprint density at radius 1 is 1.60 bits per heavy atom. The zero-order valence-electron chi connectivity index (χ0n) is 2.06. The molecular formula is F2N2O. The summed E-state index contributed by atoms with van der Waals surface area (Å²) in [5.74, 6) is 0. The maximum absolute atomic E-state index is 10.1. The standard InChI is InChI=1S/F2N2O/c1-4(2)3-5. The van der Waals surface area contributed by atoms with E-state index in [2.05, 4.69) is 0 Å². The van der Waals surface area contributed by atoms with Crippen LogP contribution in [0.5, 0.6) is 0 Å². The Morgan fingerprint density at radius 3 is 1.80 bits per heavy atom. The monoisotopic (exact) mass is 82.0 g/mol. The Bertz CT molecular complexity index is 34.6. The largest absolute Gasteiger partial charge is 0.120 e. The fourth-order valence-corrected chi connectivity index (χ4v) is 0. The fraction of sp³-hybridized carbons (Fsp3) is 0. The lowest BCUT2D eigenvalue weighted by Gasteiger charge is -1.74. The lowest BCUT2D eigenvalue weighted by Crippen LogP contribution is -1.80. The molecule has 0 fully saturated rings. The van der Waals surface area contributed by atoms with Gasteiger partial charge >= 0.3 is 0 Å². The summed E-state index contributed by atoms with van der Waals surface area (Å²) in [4.78, 5) is 8.43. The molecule has 5 heavy (non-hydrogen) atoms. The van der Waals surface area contributed by atoms with Crippen molar-refractivity contribution >= 4 is 0 Å². The van der Waals surface area contributed by atoms with Crippen molar-refractivity contribution in [1.29, 1.82) is 0 Å². The highest BCUT2D eigenvalue weighted by molar-refractivity contribution is 3.97. The third-order valence-electron chi connectivity index (χ3n) is 0.0617. The number of hydrogen-bond acceptors (Lipinski definition) is 2. The molecule has 0 unspecified atom stereocenters. The van der Waals surface area contributed by atoms with Gasteiger partial charge in [-0.15, -0.1) is 4.91 Å². The van der Waals surface area contributed by atoms with Crippen molar-refractivity contribution in [3.05, 3.63) is 4.91 Å². The van der Waals surface area contributed by atoms with Gasteiger partial charge in [-0.2, -0.15) is 0 Å². The molecule has 0 bridgehead atoms. The Balaban J connectivity index is 2.83. The Hall–Kier alpha value is -0.740. The first-order valence-corrected chi connectivity index (χ1v) is 0.721. The van der Waals surface area contributed by atoms with Gasteiger partial charge in [0.1, 0.15) is 5.29 Å². The van der Waals surface area contributed by atoms with E-state index in [9.17, 15) is 8.96 Å². The molecule has 0 aliphatic carbocycles. The van der Waals surface area contributed by atoms with Crippen LogP contribution in [0.15, 0.2) is 5.29 Å². The second-order valence-electron chi connectivity index (χ2n) is 0.297. The minimum atomic E-state index is -1.81. The molecular weight excluding hydrogens is 82.0 g/mol. The van der Waals surface area contributed by atoms with E-state index in [-0.39, 0.29) is 0 Å². The van der Waals surface area contributed by atoms with Gasteiger partial charge in [-0.05, 0) is 8.96 Å². The van der Waals surface area contributed by atoms with Crippen LogP contribution in [0.1, 0.15) is 0 Å². The molecule has 3 nitrogen and oxygen atoms in total. The molecule has 0 aromatic carbocycles. The van der Waals surface area contributed by atoms with Crippen LogP contribution in [0.2, 0.25) is 0 Å². The highest BCUT2D eigenvalue weighted by Crippen LogP contribution is 1.83. The van der Waals surface area contributed by atoms with Gasteiger partial charge in [0.05, 0.1) is 5.45 Å². The Labute approximate surface area is 26.0 Å². The van der Waals surface area contributed by atoms with Crippen LogP contribution in [0, 0.1) is 4.91 Å². The van der Waals surface area contributed by atoms with Crippen molar-refractivity contribution in [3.63, 3.8) is 0 Å². The number of hydrogen-bond donors (Lipinski definition) is 0. The smallest absolute Gasteiger partial charge is 0.116 e. The number of rotatable bonds is 1. The van der Waals surface area contributed by atoms with Crippen LogP contribution in [-0.4, -0.2) is 5.45 Å². The van der Waals surface area contributed by atoms with Gasteiger partial charge in [0, 0.05) is 0 Å². The molecule has 0 heterocycles. The third-order valence-corrected chi connectivity index (χ3v) is 0.0617. The molecule has 0 saturated heterocycles. The summed E-state index contributed by atoms with van der Waals surface area (Å²) in [7, 11) is 0. The van der Waals surface area contributed by atoms with Crippen molar-refractivity contribution < 1.29 is 8.96 Å². The summed E-state index contributed by atoms with van der Waals surface area (Å²) >= 11 is 0. The number of nitrogens with zero attached hydrogens (tertiary/aromatic N) is 2. The van der Waals surface area contributed by atoms with Gasteiger partial charge in [-0.1, -0.05) is 0 Å². The van der Waals surface area contributed by atoms with Crippen LogP contribution in [0.4, 0.5) is 8.96 Å². The molecule has 0 saturated carbocycles. The van der Waals surface area contributed by atoms with Crippen molar-refractivity contribution in [1.82, 2.24) is 5.45 Å². The van der Waals surface area contributed by atoms with Gasteiger partial charge < -0.3 is 0 Å². The maximum Gasteiger partial charge on any atom is 0.116 e. The fourth-order valence-electron chi connectivity index (χ4n) is 0.